The molecule has 0 saturated carbocycles. The Bertz CT molecular complexity index is 667. The molecule has 0 radical (unpaired) electrons. The second-order valence-corrected chi connectivity index (χ2v) is 8.33. The molecule has 0 heterocycles. The Morgan fingerprint density at radius 1 is 1.15 bits per heavy atom. The van der Waals surface area contributed by atoms with Crippen molar-refractivity contribution >= 4 is 25.5 Å². The van der Waals surface area contributed by atoms with E-state index < -0.39 is 19.9 Å². The molecule has 0 amide bonds. The molecule has 0 aliphatic rings. The van der Waals surface area contributed by atoms with E-state index in [1.54, 1.807) is 0 Å². The largest absolute Gasteiger partial charge is 0.398 e. The number of sulfone groups is 1. The predicted octanol–water partition coefficient (Wildman–Crippen LogP) is 1.14. The average Bonchev–Trinajstić information content (AvgIpc) is 2.33. The molecular formula is C12H20N2O4S2. The van der Waals surface area contributed by atoms with Crippen molar-refractivity contribution in [2.24, 2.45) is 0 Å². The van der Waals surface area contributed by atoms with Crippen molar-refractivity contribution in [3.05, 3.63) is 18.2 Å². The normalized spacial score (nSPS) is 12.5. The molecule has 1 aromatic rings. The maximum absolute atomic E-state index is 12.1. The number of unbranched alkanes of at least 4 members (excludes halogenated alkanes) is 2. The maximum atomic E-state index is 12.1. The number of nitrogen functional groups attached to an aromatic ring is 1. The zero-order valence-electron chi connectivity index (χ0n) is 11.6. The average molecular weight is 320 g/mol. The molecule has 0 bridgehead atoms. The topological polar surface area (TPSA) is 106 Å². The Morgan fingerprint density at radius 3 is 2.35 bits per heavy atom. The van der Waals surface area contributed by atoms with E-state index in [4.69, 9.17) is 5.73 Å². The number of hydrogen-bond donors (Lipinski definition) is 2. The molecule has 6 nitrogen and oxygen atoms in total. The summed E-state index contributed by atoms with van der Waals surface area (Å²) in [6.07, 6.45) is 3.64. The van der Waals surface area contributed by atoms with E-state index in [1.165, 1.54) is 12.1 Å². The minimum Gasteiger partial charge on any atom is -0.398 e. The van der Waals surface area contributed by atoms with Crippen molar-refractivity contribution in [1.82, 2.24) is 4.72 Å². The Morgan fingerprint density at radius 2 is 1.80 bits per heavy atom. The summed E-state index contributed by atoms with van der Waals surface area (Å²) in [5.74, 6) is 0. The number of nitrogens with two attached hydrogens (primary N) is 1. The molecule has 0 unspecified atom stereocenters. The van der Waals surface area contributed by atoms with Gasteiger partial charge in [-0.25, -0.2) is 21.6 Å². The third-order valence-electron chi connectivity index (χ3n) is 2.78. The van der Waals surface area contributed by atoms with Crippen molar-refractivity contribution in [3.63, 3.8) is 0 Å². The third kappa shape index (κ3) is 4.46. The Kier molecular flexibility index (Phi) is 5.55. The summed E-state index contributed by atoms with van der Waals surface area (Å²) < 4.78 is 49.6. The summed E-state index contributed by atoms with van der Waals surface area (Å²) in [5, 5.41) is 0. The van der Waals surface area contributed by atoms with E-state index in [1.807, 2.05) is 6.92 Å². The monoisotopic (exact) mass is 320 g/mol. The van der Waals surface area contributed by atoms with Gasteiger partial charge in [0.05, 0.1) is 10.6 Å². The van der Waals surface area contributed by atoms with Crippen LogP contribution in [0.25, 0.3) is 0 Å². The molecule has 20 heavy (non-hydrogen) atoms. The summed E-state index contributed by atoms with van der Waals surface area (Å²) in [6, 6.07) is 3.67. The smallest absolute Gasteiger partial charge is 0.242 e. The van der Waals surface area contributed by atoms with Gasteiger partial charge in [0.2, 0.25) is 10.0 Å². The fraction of sp³-hybridized carbons (Fsp3) is 0.500. The fourth-order valence-electron chi connectivity index (χ4n) is 1.64. The van der Waals surface area contributed by atoms with E-state index in [9.17, 15) is 16.8 Å². The lowest BCUT2D eigenvalue weighted by Gasteiger charge is -2.10. The number of rotatable bonds is 7. The van der Waals surface area contributed by atoms with Gasteiger partial charge in [-0.15, -0.1) is 0 Å². The van der Waals surface area contributed by atoms with E-state index in [0.29, 0.717) is 6.54 Å². The second kappa shape index (κ2) is 6.55. The van der Waals surface area contributed by atoms with Gasteiger partial charge >= 0.3 is 0 Å². The second-order valence-electron chi connectivity index (χ2n) is 4.58. The van der Waals surface area contributed by atoms with Crippen LogP contribution in [0.2, 0.25) is 0 Å². The lowest BCUT2D eigenvalue weighted by molar-refractivity contribution is 0.576. The predicted molar refractivity (Wildman–Crippen MR) is 78.7 cm³/mol. The molecule has 3 N–H and O–H groups in total. The molecule has 114 valence electrons. The van der Waals surface area contributed by atoms with Crippen LogP contribution in [0, 0.1) is 0 Å². The van der Waals surface area contributed by atoms with Crippen LogP contribution >= 0.6 is 0 Å². The van der Waals surface area contributed by atoms with Gasteiger partial charge in [-0.2, -0.15) is 0 Å². The Labute approximate surface area is 120 Å². The van der Waals surface area contributed by atoms with Crippen LogP contribution in [-0.2, 0) is 19.9 Å². The van der Waals surface area contributed by atoms with Crippen LogP contribution in [-0.4, -0.2) is 29.6 Å². The van der Waals surface area contributed by atoms with Gasteiger partial charge in [-0.1, -0.05) is 19.8 Å². The molecule has 0 aliphatic heterocycles. The minimum atomic E-state index is -3.79. The van der Waals surface area contributed by atoms with E-state index in [2.05, 4.69) is 4.72 Å². The Balaban J connectivity index is 3.05. The van der Waals surface area contributed by atoms with Gasteiger partial charge in [-0.3, -0.25) is 0 Å². The summed E-state index contributed by atoms with van der Waals surface area (Å²) in [4.78, 5) is -0.266. The van der Waals surface area contributed by atoms with Crippen LogP contribution in [0.3, 0.4) is 0 Å². The fourth-order valence-corrected chi connectivity index (χ4v) is 3.59. The van der Waals surface area contributed by atoms with Gasteiger partial charge in [0, 0.05) is 12.8 Å². The molecule has 0 aromatic heterocycles. The third-order valence-corrected chi connectivity index (χ3v) is 5.40. The first-order chi connectivity index (χ1) is 9.18. The zero-order valence-corrected chi connectivity index (χ0v) is 13.2. The molecular weight excluding hydrogens is 300 g/mol. The highest BCUT2D eigenvalue weighted by molar-refractivity contribution is 7.91. The van der Waals surface area contributed by atoms with Gasteiger partial charge in [0.1, 0.15) is 4.90 Å². The van der Waals surface area contributed by atoms with E-state index in [-0.39, 0.29) is 15.5 Å². The zero-order chi connectivity index (χ0) is 15.4. The van der Waals surface area contributed by atoms with Crippen molar-refractivity contribution in [3.8, 4) is 0 Å². The number of sulfonamides is 1. The molecule has 1 rings (SSSR count). The van der Waals surface area contributed by atoms with Crippen LogP contribution < -0.4 is 10.5 Å². The maximum Gasteiger partial charge on any atom is 0.242 e. The lowest BCUT2D eigenvalue weighted by Crippen LogP contribution is -2.25. The number of nitrogens with one attached hydrogen (secondary N) is 1. The van der Waals surface area contributed by atoms with Gasteiger partial charge in [0.15, 0.2) is 9.84 Å². The number of hydrogen-bond acceptors (Lipinski definition) is 5. The molecule has 0 atom stereocenters. The summed E-state index contributed by atoms with van der Waals surface area (Å²) in [5.41, 5.74) is 5.66. The summed E-state index contributed by atoms with van der Waals surface area (Å²) in [6.45, 7) is 2.32. The van der Waals surface area contributed by atoms with E-state index in [0.717, 1.165) is 31.6 Å². The van der Waals surface area contributed by atoms with Crippen LogP contribution in [0.1, 0.15) is 26.2 Å². The van der Waals surface area contributed by atoms with Crippen LogP contribution in [0.15, 0.2) is 28.0 Å². The molecule has 0 saturated heterocycles. The Hall–Kier alpha value is -1.12. The number of benzene rings is 1. The molecule has 0 aliphatic carbocycles. The molecule has 1 aromatic carbocycles. The first-order valence-corrected chi connectivity index (χ1v) is 9.65. The van der Waals surface area contributed by atoms with E-state index >= 15 is 0 Å². The highest BCUT2D eigenvalue weighted by Crippen LogP contribution is 2.22. The molecule has 8 heteroatoms. The minimum absolute atomic E-state index is 0.0281. The van der Waals surface area contributed by atoms with Gasteiger partial charge < -0.3 is 5.73 Å². The molecule has 0 spiro atoms. The van der Waals surface area contributed by atoms with Crippen molar-refractivity contribution in [2.45, 2.75) is 36.0 Å². The van der Waals surface area contributed by atoms with Gasteiger partial charge in [0.25, 0.3) is 0 Å². The SMILES string of the molecule is CCCCCNS(=O)(=O)c1cc(S(C)(=O)=O)ccc1N. The van der Waals surface area contributed by atoms with Crippen LogP contribution in [0.4, 0.5) is 5.69 Å². The van der Waals surface area contributed by atoms with Crippen molar-refractivity contribution in [2.75, 3.05) is 18.5 Å². The van der Waals surface area contributed by atoms with Crippen molar-refractivity contribution < 1.29 is 16.8 Å². The first-order valence-electron chi connectivity index (χ1n) is 6.27. The quantitative estimate of drug-likeness (QED) is 0.579. The van der Waals surface area contributed by atoms with Gasteiger partial charge in [-0.05, 0) is 24.6 Å². The lowest BCUT2D eigenvalue weighted by atomic mass is 10.3. The summed E-state index contributed by atoms with van der Waals surface area (Å²) >= 11 is 0. The highest BCUT2D eigenvalue weighted by Gasteiger charge is 2.19. The van der Waals surface area contributed by atoms with Crippen LogP contribution in [0.5, 0.6) is 0 Å². The summed E-state index contributed by atoms with van der Waals surface area (Å²) in [7, 11) is -7.27. The standard InChI is InChI=1S/C12H20N2O4S2/c1-3-4-5-8-14-20(17,18)12-9-10(19(2,15)16)6-7-11(12)13/h6-7,9,14H,3-5,8,13H2,1-2H3. The van der Waals surface area contributed by atoms with Crippen molar-refractivity contribution in [1.29, 1.82) is 0 Å². The number of anilines is 1. The highest BCUT2D eigenvalue weighted by atomic mass is 32.2. The molecule has 0 fully saturated rings. The first kappa shape index (κ1) is 16.9.